The third-order valence-electron chi connectivity index (χ3n) is 3.76. The topological polar surface area (TPSA) is 120 Å². The number of rotatable bonds is 5. The first kappa shape index (κ1) is 17.7. The highest BCUT2D eigenvalue weighted by molar-refractivity contribution is 7.89. The molecule has 134 valence electrons. The lowest BCUT2D eigenvalue weighted by molar-refractivity contribution is 0.417. The van der Waals surface area contributed by atoms with Crippen molar-refractivity contribution in [2.75, 3.05) is 18.2 Å². The Morgan fingerprint density at radius 2 is 1.81 bits per heavy atom. The molecule has 0 amide bonds. The maximum Gasteiger partial charge on any atom is 0.238 e. The van der Waals surface area contributed by atoms with E-state index in [9.17, 15) is 8.42 Å². The Hall–Kier alpha value is -3.10. The van der Waals surface area contributed by atoms with Crippen LogP contribution in [0.3, 0.4) is 0 Å². The highest BCUT2D eigenvalue weighted by Gasteiger charge is 2.09. The monoisotopic (exact) mass is 370 g/mol. The van der Waals surface area contributed by atoms with Gasteiger partial charge in [0.1, 0.15) is 11.6 Å². The summed E-state index contributed by atoms with van der Waals surface area (Å²) < 4.78 is 28.1. The van der Waals surface area contributed by atoms with E-state index in [1.165, 1.54) is 12.1 Å². The molecule has 1 aromatic heterocycles. The van der Waals surface area contributed by atoms with Gasteiger partial charge in [-0.25, -0.2) is 18.5 Å². The van der Waals surface area contributed by atoms with E-state index in [1.54, 1.807) is 31.5 Å². The van der Waals surface area contributed by atoms with Crippen LogP contribution < -0.4 is 20.9 Å². The first-order valence-electron chi connectivity index (χ1n) is 7.66. The van der Waals surface area contributed by atoms with Crippen LogP contribution in [0.1, 0.15) is 0 Å². The third kappa shape index (κ3) is 3.93. The van der Waals surface area contributed by atoms with E-state index < -0.39 is 10.0 Å². The molecule has 0 saturated carbocycles. The maximum atomic E-state index is 11.5. The summed E-state index contributed by atoms with van der Waals surface area (Å²) in [6, 6.07) is 15.4. The number of nitrogens with one attached hydrogen (secondary N) is 1. The molecule has 0 saturated heterocycles. The molecule has 0 aliphatic carbocycles. The van der Waals surface area contributed by atoms with Crippen LogP contribution in [-0.4, -0.2) is 20.5 Å². The van der Waals surface area contributed by atoms with Crippen LogP contribution in [0.15, 0.2) is 65.7 Å². The summed E-state index contributed by atoms with van der Waals surface area (Å²) in [5, 5.41) is 8.24. The number of nitrogen functional groups attached to an aromatic ring is 1. The summed E-state index contributed by atoms with van der Waals surface area (Å²) in [5.41, 5.74) is 8.88. The van der Waals surface area contributed by atoms with Crippen molar-refractivity contribution in [3.05, 3.63) is 60.8 Å². The Morgan fingerprint density at radius 3 is 2.50 bits per heavy atom. The lowest BCUT2D eigenvalue weighted by atomic mass is 10.1. The number of aromatic nitrogens is 1. The molecule has 0 spiro atoms. The molecule has 1 heterocycles. The number of primary sulfonamides is 1. The van der Waals surface area contributed by atoms with Gasteiger partial charge in [-0.3, -0.25) is 0 Å². The minimum Gasteiger partial charge on any atom is -0.495 e. The molecular weight excluding hydrogens is 352 g/mol. The quantitative estimate of drug-likeness (QED) is 0.594. The summed E-state index contributed by atoms with van der Waals surface area (Å²) >= 11 is 0. The first-order chi connectivity index (χ1) is 12.4. The van der Waals surface area contributed by atoms with E-state index in [4.69, 9.17) is 15.6 Å². The number of methoxy groups -OCH3 is 1. The van der Waals surface area contributed by atoms with Crippen LogP contribution in [0.2, 0.25) is 0 Å². The van der Waals surface area contributed by atoms with Crippen molar-refractivity contribution >= 4 is 27.2 Å². The zero-order valence-corrected chi connectivity index (χ0v) is 14.8. The summed E-state index contributed by atoms with van der Waals surface area (Å²) in [4.78, 5) is 4.29. The number of ether oxygens (including phenoxy) is 1. The normalized spacial score (nSPS) is 11.2. The Bertz CT molecular complexity index is 1050. The Balaban J connectivity index is 1.90. The smallest absolute Gasteiger partial charge is 0.238 e. The van der Waals surface area contributed by atoms with Crippen LogP contribution in [-0.2, 0) is 10.0 Å². The van der Waals surface area contributed by atoms with E-state index in [0.29, 0.717) is 22.9 Å². The van der Waals surface area contributed by atoms with Crippen molar-refractivity contribution in [2.24, 2.45) is 5.14 Å². The van der Waals surface area contributed by atoms with E-state index >= 15 is 0 Å². The van der Waals surface area contributed by atoms with Gasteiger partial charge in [0.05, 0.1) is 17.7 Å². The van der Waals surface area contributed by atoms with Crippen molar-refractivity contribution in [3.8, 4) is 16.9 Å². The number of sulfonamides is 1. The van der Waals surface area contributed by atoms with Crippen molar-refractivity contribution in [2.45, 2.75) is 4.90 Å². The van der Waals surface area contributed by atoms with Gasteiger partial charge in [0.15, 0.2) is 0 Å². The molecule has 0 atom stereocenters. The van der Waals surface area contributed by atoms with Crippen molar-refractivity contribution in [1.29, 1.82) is 0 Å². The van der Waals surface area contributed by atoms with Gasteiger partial charge in [-0.2, -0.15) is 0 Å². The predicted octanol–water partition coefficient (Wildman–Crippen LogP) is 2.73. The van der Waals surface area contributed by atoms with Crippen LogP contribution >= 0.6 is 0 Å². The van der Waals surface area contributed by atoms with E-state index in [-0.39, 0.29) is 4.90 Å². The molecule has 3 aromatic rings. The average molecular weight is 370 g/mol. The fourth-order valence-corrected chi connectivity index (χ4v) is 3.05. The van der Waals surface area contributed by atoms with Gasteiger partial charge < -0.3 is 15.8 Å². The number of anilines is 3. The van der Waals surface area contributed by atoms with E-state index in [0.717, 1.165) is 11.1 Å². The SMILES string of the molecule is COc1ccc(-c2ccnc(Nc3cccc(S(N)(=O)=O)c3)c2)cc1N. The molecule has 0 bridgehead atoms. The van der Waals surface area contributed by atoms with Gasteiger partial charge in [0.2, 0.25) is 10.0 Å². The highest BCUT2D eigenvalue weighted by atomic mass is 32.2. The average Bonchev–Trinajstić information content (AvgIpc) is 2.61. The van der Waals surface area contributed by atoms with Gasteiger partial charge in [0, 0.05) is 11.9 Å². The van der Waals surface area contributed by atoms with Crippen LogP contribution in [0.25, 0.3) is 11.1 Å². The molecule has 0 radical (unpaired) electrons. The van der Waals surface area contributed by atoms with Crippen LogP contribution in [0.4, 0.5) is 17.2 Å². The number of nitrogens with two attached hydrogens (primary N) is 2. The molecule has 26 heavy (non-hydrogen) atoms. The Labute approximate surface area is 151 Å². The zero-order valence-electron chi connectivity index (χ0n) is 14.0. The number of nitrogens with zero attached hydrogens (tertiary/aromatic N) is 1. The molecule has 0 aliphatic rings. The van der Waals surface area contributed by atoms with Gasteiger partial charge in [-0.1, -0.05) is 12.1 Å². The Kier molecular flexibility index (Phi) is 4.79. The molecule has 8 heteroatoms. The molecule has 3 rings (SSSR count). The molecule has 5 N–H and O–H groups in total. The largest absolute Gasteiger partial charge is 0.495 e. The van der Waals surface area contributed by atoms with Crippen LogP contribution in [0, 0.1) is 0 Å². The molecule has 0 unspecified atom stereocenters. The predicted molar refractivity (Wildman–Crippen MR) is 102 cm³/mol. The lowest BCUT2D eigenvalue weighted by Crippen LogP contribution is -2.12. The minimum atomic E-state index is -3.77. The summed E-state index contributed by atoms with van der Waals surface area (Å²) in [5.74, 6) is 1.17. The number of hydrogen-bond acceptors (Lipinski definition) is 6. The minimum absolute atomic E-state index is 0.0292. The summed E-state index contributed by atoms with van der Waals surface area (Å²) in [7, 11) is -2.20. The lowest BCUT2D eigenvalue weighted by Gasteiger charge is -2.10. The van der Waals surface area contributed by atoms with Crippen molar-refractivity contribution in [3.63, 3.8) is 0 Å². The second-order valence-electron chi connectivity index (χ2n) is 5.58. The van der Waals surface area contributed by atoms with Gasteiger partial charge in [-0.05, 0) is 53.6 Å². The molecular formula is C18H18N4O3S. The molecule has 0 aliphatic heterocycles. The van der Waals surface area contributed by atoms with Crippen LogP contribution in [0.5, 0.6) is 5.75 Å². The van der Waals surface area contributed by atoms with Crippen molar-refractivity contribution in [1.82, 2.24) is 4.98 Å². The standard InChI is InChI=1S/C18H18N4O3S/c1-25-17-6-5-12(9-16(17)19)13-7-8-21-18(10-13)22-14-3-2-4-15(11-14)26(20,23)24/h2-11H,19H2,1H3,(H,21,22)(H2,20,23,24). The molecule has 7 nitrogen and oxygen atoms in total. The fraction of sp³-hybridized carbons (Fsp3) is 0.0556. The third-order valence-corrected chi connectivity index (χ3v) is 4.67. The van der Waals surface area contributed by atoms with Gasteiger partial charge in [-0.15, -0.1) is 0 Å². The molecule has 2 aromatic carbocycles. The van der Waals surface area contributed by atoms with Gasteiger partial charge in [0.25, 0.3) is 0 Å². The number of benzene rings is 2. The van der Waals surface area contributed by atoms with E-state index in [1.807, 2.05) is 24.3 Å². The Morgan fingerprint density at radius 1 is 1.04 bits per heavy atom. The highest BCUT2D eigenvalue weighted by Crippen LogP contribution is 2.29. The van der Waals surface area contributed by atoms with Crippen molar-refractivity contribution < 1.29 is 13.2 Å². The number of pyridine rings is 1. The summed E-state index contributed by atoms with van der Waals surface area (Å²) in [6.07, 6.45) is 1.65. The second kappa shape index (κ2) is 7.03. The number of hydrogen-bond donors (Lipinski definition) is 3. The summed E-state index contributed by atoms with van der Waals surface area (Å²) in [6.45, 7) is 0. The first-order valence-corrected chi connectivity index (χ1v) is 9.21. The second-order valence-corrected chi connectivity index (χ2v) is 7.15. The maximum absolute atomic E-state index is 11.5. The van der Waals surface area contributed by atoms with E-state index in [2.05, 4.69) is 10.3 Å². The molecule has 0 fully saturated rings. The zero-order chi connectivity index (χ0) is 18.7. The fourth-order valence-electron chi connectivity index (χ4n) is 2.49. The van der Waals surface area contributed by atoms with Gasteiger partial charge >= 0.3 is 0 Å².